The van der Waals surface area contributed by atoms with Crippen LogP contribution >= 0.6 is 0 Å². The number of rotatable bonds is 8. The molecule has 0 fully saturated rings. The van der Waals surface area contributed by atoms with Crippen LogP contribution in [0.5, 0.6) is 5.88 Å². The van der Waals surface area contributed by atoms with Crippen LogP contribution < -0.4 is 4.74 Å². The Bertz CT molecular complexity index is 1200. The predicted molar refractivity (Wildman–Crippen MR) is 128 cm³/mol. The second kappa shape index (κ2) is 10.1. The molecule has 0 aliphatic heterocycles. The predicted octanol–water partition coefficient (Wildman–Crippen LogP) is 6.54. The van der Waals surface area contributed by atoms with Crippen LogP contribution in [0, 0.1) is 0 Å². The van der Waals surface area contributed by atoms with E-state index in [9.17, 15) is 4.79 Å². The first-order valence-electron chi connectivity index (χ1n) is 11.0. The van der Waals surface area contributed by atoms with Crippen molar-refractivity contribution < 1.29 is 14.3 Å². The second-order valence-corrected chi connectivity index (χ2v) is 7.73. The van der Waals surface area contributed by atoms with Crippen molar-refractivity contribution >= 4 is 16.7 Å². The first-order chi connectivity index (χ1) is 15.6. The summed E-state index contributed by atoms with van der Waals surface area (Å²) in [5.74, 6) is 0.384. The van der Waals surface area contributed by atoms with Gasteiger partial charge in [0.25, 0.3) is 0 Å². The first-order valence-corrected chi connectivity index (χ1v) is 11.0. The summed E-state index contributed by atoms with van der Waals surface area (Å²) in [6.45, 7) is 4.23. The third kappa shape index (κ3) is 5.14. The number of pyridine rings is 1. The van der Waals surface area contributed by atoms with Gasteiger partial charge in [-0.15, -0.1) is 0 Å². The summed E-state index contributed by atoms with van der Waals surface area (Å²) in [7, 11) is 0. The minimum absolute atomic E-state index is 0.145. The Morgan fingerprint density at radius 2 is 1.69 bits per heavy atom. The molecule has 1 unspecified atom stereocenters. The van der Waals surface area contributed by atoms with Crippen LogP contribution in [0.25, 0.3) is 21.9 Å². The fourth-order valence-electron chi connectivity index (χ4n) is 3.73. The highest BCUT2D eigenvalue weighted by atomic mass is 16.5. The number of hydrogen-bond acceptors (Lipinski definition) is 4. The molecule has 1 heterocycles. The number of fused-ring (bicyclic) bond motifs is 1. The molecule has 4 nitrogen and oxygen atoms in total. The average molecular weight is 426 g/mol. The molecule has 0 saturated heterocycles. The lowest BCUT2D eigenvalue weighted by Gasteiger charge is -2.18. The van der Waals surface area contributed by atoms with Gasteiger partial charge in [0.2, 0.25) is 5.88 Å². The number of benzene rings is 3. The van der Waals surface area contributed by atoms with Crippen molar-refractivity contribution in [3.05, 3.63) is 96.2 Å². The zero-order chi connectivity index (χ0) is 22.3. The molecule has 4 heteroatoms. The highest BCUT2D eigenvalue weighted by molar-refractivity contribution is 5.88. The van der Waals surface area contributed by atoms with Crippen molar-refractivity contribution in [1.29, 1.82) is 0 Å². The van der Waals surface area contributed by atoms with Gasteiger partial charge in [-0.25, -0.2) is 4.98 Å². The number of aromatic nitrogens is 1. The molecular formula is C28H27NO3. The molecule has 32 heavy (non-hydrogen) atoms. The summed E-state index contributed by atoms with van der Waals surface area (Å²) in [4.78, 5) is 16.5. The lowest BCUT2D eigenvalue weighted by Crippen LogP contribution is -2.07. The van der Waals surface area contributed by atoms with Crippen molar-refractivity contribution in [1.82, 2.24) is 4.98 Å². The molecule has 0 spiro atoms. The molecule has 0 aliphatic rings. The molecule has 0 bridgehead atoms. The summed E-state index contributed by atoms with van der Waals surface area (Å²) in [5.41, 5.74) is 4.01. The van der Waals surface area contributed by atoms with E-state index in [0.717, 1.165) is 27.6 Å². The van der Waals surface area contributed by atoms with Crippen molar-refractivity contribution in [3.63, 3.8) is 0 Å². The van der Waals surface area contributed by atoms with Gasteiger partial charge in [0, 0.05) is 18.2 Å². The Balaban J connectivity index is 1.68. The van der Waals surface area contributed by atoms with Crippen LogP contribution in [-0.4, -0.2) is 17.6 Å². The van der Waals surface area contributed by atoms with E-state index >= 15 is 0 Å². The lowest BCUT2D eigenvalue weighted by atomic mass is 10.00. The molecule has 3 aromatic carbocycles. The van der Waals surface area contributed by atoms with Gasteiger partial charge < -0.3 is 9.47 Å². The summed E-state index contributed by atoms with van der Waals surface area (Å²) in [6.07, 6.45) is 2.54. The van der Waals surface area contributed by atoms with Crippen LogP contribution in [0.2, 0.25) is 0 Å². The molecule has 1 aromatic heterocycles. The zero-order valence-electron chi connectivity index (χ0n) is 18.5. The van der Waals surface area contributed by atoms with E-state index in [1.54, 1.807) is 6.20 Å². The van der Waals surface area contributed by atoms with E-state index in [2.05, 4.69) is 41.4 Å². The largest absolute Gasteiger partial charge is 0.469 e. The van der Waals surface area contributed by atoms with Gasteiger partial charge in [-0.2, -0.15) is 0 Å². The van der Waals surface area contributed by atoms with Crippen LogP contribution in [0.3, 0.4) is 0 Å². The number of ether oxygens (including phenoxy) is 2. The Kier molecular flexibility index (Phi) is 6.81. The Hall–Kier alpha value is -3.66. The molecule has 0 saturated carbocycles. The van der Waals surface area contributed by atoms with Gasteiger partial charge in [0.15, 0.2) is 0 Å². The molecule has 0 aliphatic carbocycles. The van der Waals surface area contributed by atoms with Crippen molar-refractivity contribution in [2.75, 3.05) is 6.61 Å². The van der Waals surface area contributed by atoms with Gasteiger partial charge in [-0.1, -0.05) is 66.7 Å². The van der Waals surface area contributed by atoms with Gasteiger partial charge in [-0.05, 0) is 59.9 Å². The van der Waals surface area contributed by atoms with Crippen LogP contribution in [0.15, 0.2) is 85.1 Å². The van der Waals surface area contributed by atoms with Crippen LogP contribution in [0.1, 0.15) is 37.5 Å². The molecule has 0 radical (unpaired) electrons. The van der Waals surface area contributed by atoms with Crippen molar-refractivity contribution in [2.45, 2.75) is 32.8 Å². The van der Waals surface area contributed by atoms with Gasteiger partial charge in [0.1, 0.15) is 6.10 Å². The standard InChI is InChI=1S/C28H27NO3/c1-3-31-27(30)16-13-21-17-26(25-15-14-23-11-7-8-12-24(23)18-25)28(29-19-21)32-20(2)22-9-5-4-6-10-22/h4-12,14-15,17-20H,3,13,16H2,1-2H3. The second-order valence-electron chi connectivity index (χ2n) is 7.73. The highest BCUT2D eigenvalue weighted by Crippen LogP contribution is 2.34. The smallest absolute Gasteiger partial charge is 0.306 e. The number of aryl methyl sites for hydroxylation is 1. The van der Waals surface area contributed by atoms with E-state index in [0.29, 0.717) is 25.3 Å². The number of esters is 1. The Labute approximate surface area is 188 Å². The average Bonchev–Trinajstić information content (AvgIpc) is 2.84. The maximum Gasteiger partial charge on any atom is 0.306 e. The van der Waals surface area contributed by atoms with Crippen molar-refractivity contribution in [2.24, 2.45) is 0 Å². The highest BCUT2D eigenvalue weighted by Gasteiger charge is 2.15. The topological polar surface area (TPSA) is 48.4 Å². The third-order valence-corrected chi connectivity index (χ3v) is 5.45. The minimum atomic E-state index is -0.196. The molecular weight excluding hydrogens is 398 g/mol. The maximum atomic E-state index is 11.8. The summed E-state index contributed by atoms with van der Waals surface area (Å²) < 4.78 is 11.4. The molecule has 4 aromatic rings. The quantitative estimate of drug-likeness (QED) is 0.301. The zero-order valence-corrected chi connectivity index (χ0v) is 18.5. The lowest BCUT2D eigenvalue weighted by molar-refractivity contribution is -0.143. The number of nitrogens with zero attached hydrogens (tertiary/aromatic N) is 1. The number of carbonyl (C=O) groups excluding carboxylic acids is 1. The van der Waals surface area contributed by atoms with E-state index in [-0.39, 0.29) is 12.1 Å². The fraction of sp³-hybridized carbons (Fsp3) is 0.214. The van der Waals surface area contributed by atoms with E-state index < -0.39 is 0 Å². The fourth-order valence-corrected chi connectivity index (χ4v) is 3.73. The monoisotopic (exact) mass is 425 g/mol. The molecule has 0 N–H and O–H groups in total. The minimum Gasteiger partial charge on any atom is -0.469 e. The van der Waals surface area contributed by atoms with E-state index in [1.807, 2.05) is 56.3 Å². The van der Waals surface area contributed by atoms with Crippen molar-refractivity contribution in [3.8, 4) is 17.0 Å². The molecule has 0 amide bonds. The van der Waals surface area contributed by atoms with Crippen LogP contribution in [0.4, 0.5) is 0 Å². The third-order valence-electron chi connectivity index (χ3n) is 5.45. The number of hydrogen-bond donors (Lipinski definition) is 0. The van der Waals surface area contributed by atoms with E-state index in [4.69, 9.17) is 9.47 Å². The SMILES string of the molecule is CCOC(=O)CCc1cnc(OC(C)c2ccccc2)c(-c2ccc3ccccc3c2)c1. The first kappa shape index (κ1) is 21.6. The summed E-state index contributed by atoms with van der Waals surface area (Å²) >= 11 is 0. The van der Waals surface area contributed by atoms with Crippen LogP contribution in [-0.2, 0) is 16.0 Å². The molecule has 4 rings (SSSR count). The summed E-state index contributed by atoms with van der Waals surface area (Å²) in [5, 5.41) is 2.34. The Morgan fingerprint density at radius 1 is 0.938 bits per heavy atom. The normalized spacial score (nSPS) is 11.8. The molecule has 162 valence electrons. The van der Waals surface area contributed by atoms with E-state index in [1.165, 1.54) is 5.39 Å². The Morgan fingerprint density at radius 3 is 2.47 bits per heavy atom. The van der Waals surface area contributed by atoms with Gasteiger partial charge in [0.05, 0.1) is 6.61 Å². The maximum absolute atomic E-state index is 11.8. The molecule has 1 atom stereocenters. The van der Waals surface area contributed by atoms with Gasteiger partial charge >= 0.3 is 5.97 Å². The van der Waals surface area contributed by atoms with Gasteiger partial charge in [-0.3, -0.25) is 4.79 Å². The summed E-state index contributed by atoms with van der Waals surface area (Å²) in [6, 6.07) is 26.8. The number of carbonyl (C=O) groups is 1.